The zero-order valence-electron chi connectivity index (χ0n) is 21.4. The molecule has 1 atom stereocenters. The Hall–Kier alpha value is -3.46. The molecule has 0 aliphatic carbocycles. The zero-order chi connectivity index (χ0) is 26.6. The highest BCUT2D eigenvalue weighted by molar-refractivity contribution is 7.92. The average Bonchev–Trinajstić information content (AvgIpc) is 2.88. The molecule has 1 aliphatic heterocycles. The number of nitrogens with one attached hydrogen (secondary N) is 1. The smallest absolute Gasteiger partial charge is 0.229 e. The number of hydrogen-bond donors (Lipinski definition) is 1. The number of hydrogen-bond acceptors (Lipinski definition) is 6. The maximum Gasteiger partial charge on any atom is 0.229 e. The number of aryl methyl sites for hydroxylation is 2. The number of rotatable bonds is 9. The lowest BCUT2D eigenvalue weighted by atomic mass is 9.92. The van der Waals surface area contributed by atoms with E-state index in [2.05, 4.69) is 38.8 Å². The largest absolute Gasteiger partial charge is 0.368 e. The summed E-state index contributed by atoms with van der Waals surface area (Å²) in [5, 5.41) is 0. The Labute approximate surface area is 218 Å². The summed E-state index contributed by atoms with van der Waals surface area (Å²) in [6, 6.07) is 18.6. The number of para-hydroxylation sites is 1. The van der Waals surface area contributed by atoms with Crippen LogP contribution in [0.25, 0.3) is 0 Å². The van der Waals surface area contributed by atoms with Crippen LogP contribution in [0.4, 0.5) is 21.6 Å². The minimum Gasteiger partial charge on any atom is -0.368 e. The highest BCUT2D eigenvalue weighted by Gasteiger charge is 2.22. The molecule has 0 spiro atoms. The Kier molecular flexibility index (Phi) is 8.12. The van der Waals surface area contributed by atoms with Crippen molar-refractivity contribution in [3.8, 4) is 0 Å². The van der Waals surface area contributed by atoms with Crippen molar-refractivity contribution in [2.45, 2.75) is 32.6 Å². The van der Waals surface area contributed by atoms with Gasteiger partial charge in [-0.25, -0.2) is 17.8 Å². The van der Waals surface area contributed by atoms with Gasteiger partial charge in [0.2, 0.25) is 10.0 Å². The summed E-state index contributed by atoms with van der Waals surface area (Å²) >= 11 is 0. The van der Waals surface area contributed by atoms with Crippen LogP contribution in [0.2, 0.25) is 0 Å². The normalized spacial score (nSPS) is 14.9. The molecule has 1 fully saturated rings. The van der Waals surface area contributed by atoms with Crippen LogP contribution in [0.3, 0.4) is 0 Å². The van der Waals surface area contributed by atoms with Crippen LogP contribution in [-0.4, -0.2) is 51.6 Å². The van der Waals surface area contributed by atoms with E-state index in [0.29, 0.717) is 18.4 Å². The number of anilines is 3. The third kappa shape index (κ3) is 6.85. The minimum absolute atomic E-state index is 0.0105. The lowest BCUT2D eigenvalue weighted by Gasteiger charge is -2.37. The van der Waals surface area contributed by atoms with Crippen molar-refractivity contribution < 1.29 is 17.6 Å². The van der Waals surface area contributed by atoms with Gasteiger partial charge in [0.05, 0.1) is 11.9 Å². The van der Waals surface area contributed by atoms with Gasteiger partial charge >= 0.3 is 0 Å². The number of ketones is 1. The van der Waals surface area contributed by atoms with Gasteiger partial charge in [0.25, 0.3) is 0 Å². The fourth-order valence-electron chi connectivity index (χ4n) is 4.60. The van der Waals surface area contributed by atoms with Gasteiger partial charge < -0.3 is 9.80 Å². The van der Waals surface area contributed by atoms with E-state index >= 15 is 0 Å². The molecule has 3 aromatic rings. The van der Waals surface area contributed by atoms with E-state index in [0.717, 1.165) is 49.5 Å². The molecule has 4 rings (SSSR count). The van der Waals surface area contributed by atoms with Crippen LogP contribution in [0.5, 0.6) is 0 Å². The highest BCUT2D eigenvalue weighted by Crippen LogP contribution is 2.27. The van der Waals surface area contributed by atoms with E-state index in [9.17, 15) is 17.6 Å². The van der Waals surface area contributed by atoms with Gasteiger partial charge in [0, 0.05) is 49.9 Å². The SMILES string of the molecule is Cc1ccc(CCC(=O)C(C)c2ccc(NS(C)(=O)=O)c(F)c2)c(N2CCN(c3ccccc3)CC2)n1. The summed E-state index contributed by atoms with van der Waals surface area (Å²) in [5.41, 5.74) is 3.56. The number of sulfonamides is 1. The molecule has 2 aromatic carbocycles. The van der Waals surface area contributed by atoms with Gasteiger partial charge in [-0.2, -0.15) is 0 Å². The van der Waals surface area contributed by atoms with Crippen LogP contribution in [0.15, 0.2) is 60.7 Å². The van der Waals surface area contributed by atoms with Crippen LogP contribution in [0, 0.1) is 12.7 Å². The summed E-state index contributed by atoms with van der Waals surface area (Å²) in [6.45, 7) is 7.19. The average molecular weight is 525 g/mol. The number of halogens is 1. The molecule has 7 nitrogen and oxygen atoms in total. The molecular formula is C28H33FN4O3S. The summed E-state index contributed by atoms with van der Waals surface area (Å²) in [4.78, 5) is 22.5. The number of carbonyl (C=O) groups excluding carboxylic acids is 1. The quantitative estimate of drug-likeness (QED) is 0.443. The Bertz CT molecular complexity index is 1360. The van der Waals surface area contributed by atoms with Crippen LogP contribution < -0.4 is 14.5 Å². The first-order valence-electron chi connectivity index (χ1n) is 12.4. The fourth-order valence-corrected chi connectivity index (χ4v) is 5.16. The van der Waals surface area contributed by atoms with Crippen molar-refractivity contribution in [1.29, 1.82) is 0 Å². The van der Waals surface area contributed by atoms with E-state index in [4.69, 9.17) is 4.98 Å². The minimum atomic E-state index is -3.59. The molecule has 1 saturated heterocycles. The third-order valence-electron chi connectivity index (χ3n) is 6.71. The van der Waals surface area contributed by atoms with E-state index in [1.165, 1.54) is 17.8 Å². The molecule has 1 unspecified atom stereocenters. The van der Waals surface area contributed by atoms with Crippen molar-refractivity contribution >= 4 is 33.0 Å². The van der Waals surface area contributed by atoms with Crippen molar-refractivity contribution in [3.05, 3.63) is 83.3 Å². The molecule has 0 amide bonds. The molecule has 0 radical (unpaired) electrons. The Morgan fingerprint density at radius 1 is 1.03 bits per heavy atom. The fraction of sp³-hybridized carbons (Fsp3) is 0.357. The number of nitrogens with zero attached hydrogens (tertiary/aromatic N) is 3. The van der Waals surface area contributed by atoms with Gasteiger partial charge in [-0.05, 0) is 54.8 Å². The third-order valence-corrected chi connectivity index (χ3v) is 7.30. The lowest BCUT2D eigenvalue weighted by Crippen LogP contribution is -2.47. The van der Waals surface area contributed by atoms with E-state index in [1.54, 1.807) is 13.0 Å². The second-order valence-corrected chi connectivity index (χ2v) is 11.3. The van der Waals surface area contributed by atoms with Gasteiger partial charge in [-0.15, -0.1) is 0 Å². The maximum absolute atomic E-state index is 14.4. The predicted octanol–water partition coefficient (Wildman–Crippen LogP) is 4.53. The Morgan fingerprint density at radius 3 is 2.35 bits per heavy atom. The topological polar surface area (TPSA) is 82.6 Å². The number of piperazine rings is 1. The first-order chi connectivity index (χ1) is 17.6. The molecule has 0 saturated carbocycles. The summed E-state index contributed by atoms with van der Waals surface area (Å²) in [7, 11) is -3.59. The van der Waals surface area contributed by atoms with E-state index < -0.39 is 21.8 Å². The number of benzene rings is 2. The summed E-state index contributed by atoms with van der Waals surface area (Å²) < 4.78 is 39.4. The molecular weight excluding hydrogens is 491 g/mol. The van der Waals surface area contributed by atoms with Crippen LogP contribution in [0.1, 0.15) is 36.1 Å². The lowest BCUT2D eigenvalue weighted by molar-refractivity contribution is -0.120. The number of pyridine rings is 1. The summed E-state index contributed by atoms with van der Waals surface area (Å²) in [5.74, 6) is -0.306. The van der Waals surface area contributed by atoms with E-state index in [1.807, 2.05) is 25.1 Å². The van der Waals surface area contributed by atoms with Gasteiger partial charge in [0.15, 0.2) is 0 Å². The van der Waals surface area contributed by atoms with Crippen molar-refractivity contribution in [3.63, 3.8) is 0 Å². The molecule has 1 aromatic heterocycles. The molecule has 1 N–H and O–H groups in total. The molecule has 196 valence electrons. The van der Waals surface area contributed by atoms with Gasteiger partial charge in [-0.1, -0.05) is 37.3 Å². The maximum atomic E-state index is 14.4. The van der Waals surface area contributed by atoms with Crippen LogP contribution in [-0.2, 0) is 21.2 Å². The van der Waals surface area contributed by atoms with Crippen molar-refractivity contribution in [2.24, 2.45) is 0 Å². The zero-order valence-corrected chi connectivity index (χ0v) is 22.3. The molecule has 2 heterocycles. The highest BCUT2D eigenvalue weighted by atomic mass is 32.2. The number of aromatic nitrogens is 1. The second kappa shape index (κ2) is 11.3. The molecule has 0 bridgehead atoms. The predicted molar refractivity (Wildman–Crippen MR) is 146 cm³/mol. The molecule has 1 aliphatic rings. The number of Topliss-reactive ketones (excluding diaryl/α,β-unsaturated/α-hetero) is 1. The Balaban J connectivity index is 1.41. The van der Waals surface area contributed by atoms with Gasteiger partial charge in [0.1, 0.15) is 17.4 Å². The molecule has 9 heteroatoms. The Morgan fingerprint density at radius 2 is 1.70 bits per heavy atom. The number of carbonyl (C=O) groups is 1. The van der Waals surface area contributed by atoms with Crippen LogP contribution >= 0.6 is 0 Å². The van der Waals surface area contributed by atoms with Crippen molar-refractivity contribution in [1.82, 2.24) is 4.98 Å². The van der Waals surface area contributed by atoms with Gasteiger partial charge in [-0.3, -0.25) is 9.52 Å². The first-order valence-corrected chi connectivity index (χ1v) is 14.3. The van der Waals surface area contributed by atoms with Crippen molar-refractivity contribution in [2.75, 3.05) is 47.0 Å². The standard InChI is InChI=1S/C28H33FN4O3S/c1-20-9-10-22(28(30-20)33-17-15-32(16-18-33)24-7-5-4-6-8-24)12-14-27(34)21(2)23-11-13-26(25(29)19-23)31-37(3,35)36/h4-11,13,19,21,31H,12,14-18H2,1-3H3. The van der Waals surface area contributed by atoms with E-state index in [-0.39, 0.29) is 11.5 Å². The molecule has 37 heavy (non-hydrogen) atoms. The second-order valence-electron chi connectivity index (χ2n) is 9.55. The summed E-state index contributed by atoms with van der Waals surface area (Å²) in [6.07, 6.45) is 1.80. The monoisotopic (exact) mass is 524 g/mol. The first kappa shape index (κ1) is 26.6.